The molecule has 0 aliphatic heterocycles. The maximum absolute atomic E-state index is 12.1. The highest BCUT2D eigenvalue weighted by Gasteiger charge is 2.06. The molecule has 0 radical (unpaired) electrons. The summed E-state index contributed by atoms with van der Waals surface area (Å²) >= 11 is 0. The summed E-state index contributed by atoms with van der Waals surface area (Å²) in [6, 6.07) is 17.3. The van der Waals surface area contributed by atoms with Gasteiger partial charge in [-0.05, 0) is 37.1 Å². The van der Waals surface area contributed by atoms with Crippen molar-refractivity contribution in [3.8, 4) is 17.1 Å². The zero-order valence-corrected chi connectivity index (χ0v) is 16.8. The van der Waals surface area contributed by atoms with Crippen LogP contribution in [-0.4, -0.2) is 28.7 Å². The van der Waals surface area contributed by atoms with E-state index in [2.05, 4.69) is 27.1 Å². The number of carbonyl (C=O) groups excluding carboxylic acids is 1. The van der Waals surface area contributed by atoms with Crippen LogP contribution in [0.15, 0.2) is 67.0 Å². The minimum atomic E-state index is -0.210. The van der Waals surface area contributed by atoms with Gasteiger partial charge in [-0.3, -0.25) is 0 Å². The van der Waals surface area contributed by atoms with Gasteiger partial charge < -0.3 is 19.9 Å². The van der Waals surface area contributed by atoms with E-state index in [4.69, 9.17) is 4.74 Å². The van der Waals surface area contributed by atoms with Crippen molar-refractivity contribution in [2.24, 2.45) is 0 Å². The van der Waals surface area contributed by atoms with Crippen molar-refractivity contribution in [1.29, 1.82) is 0 Å². The predicted molar refractivity (Wildman–Crippen MR) is 116 cm³/mol. The van der Waals surface area contributed by atoms with Crippen LogP contribution in [-0.2, 0) is 6.54 Å². The van der Waals surface area contributed by atoms with Gasteiger partial charge in [-0.15, -0.1) is 0 Å². The Kier molecular flexibility index (Phi) is 7.69. The summed E-state index contributed by atoms with van der Waals surface area (Å²) in [7, 11) is 0. The van der Waals surface area contributed by atoms with Crippen molar-refractivity contribution < 1.29 is 9.53 Å². The van der Waals surface area contributed by atoms with Crippen molar-refractivity contribution in [3.05, 3.63) is 67.0 Å². The molecule has 3 rings (SSSR count). The third-order valence-corrected chi connectivity index (χ3v) is 4.49. The molecule has 6 heteroatoms. The van der Waals surface area contributed by atoms with Gasteiger partial charge in [0.2, 0.25) is 0 Å². The fourth-order valence-corrected chi connectivity index (χ4v) is 2.93. The van der Waals surface area contributed by atoms with E-state index in [-0.39, 0.29) is 6.03 Å². The zero-order chi connectivity index (χ0) is 20.3. The van der Waals surface area contributed by atoms with Crippen LogP contribution in [0.1, 0.15) is 26.2 Å². The molecule has 152 valence electrons. The van der Waals surface area contributed by atoms with E-state index < -0.39 is 0 Å². The number of unbranched alkanes of at least 4 members (excludes halogenated alkanes) is 1. The first kappa shape index (κ1) is 20.5. The van der Waals surface area contributed by atoms with E-state index in [1.807, 2.05) is 60.8 Å². The lowest BCUT2D eigenvalue weighted by atomic mass is 10.2. The van der Waals surface area contributed by atoms with E-state index in [9.17, 15) is 4.79 Å². The number of nitrogens with zero attached hydrogens (tertiary/aromatic N) is 2. The first-order valence-corrected chi connectivity index (χ1v) is 10.1. The summed E-state index contributed by atoms with van der Waals surface area (Å²) in [4.78, 5) is 16.5. The lowest BCUT2D eigenvalue weighted by Crippen LogP contribution is -2.30. The Hall–Kier alpha value is -3.28. The molecule has 6 nitrogen and oxygen atoms in total. The number of carbonyl (C=O) groups is 1. The Morgan fingerprint density at radius 3 is 2.62 bits per heavy atom. The van der Waals surface area contributed by atoms with Crippen LogP contribution in [0.2, 0.25) is 0 Å². The topological polar surface area (TPSA) is 68.2 Å². The normalized spacial score (nSPS) is 10.5. The molecule has 3 aromatic rings. The van der Waals surface area contributed by atoms with Crippen LogP contribution in [0.3, 0.4) is 0 Å². The third kappa shape index (κ3) is 6.38. The Labute approximate surface area is 171 Å². The van der Waals surface area contributed by atoms with Gasteiger partial charge in [0.1, 0.15) is 11.6 Å². The molecular weight excluding hydrogens is 364 g/mol. The molecule has 1 heterocycles. The van der Waals surface area contributed by atoms with Crippen LogP contribution in [0.4, 0.5) is 10.5 Å². The number of benzene rings is 2. The minimum absolute atomic E-state index is 0.210. The largest absolute Gasteiger partial charge is 0.494 e. The van der Waals surface area contributed by atoms with Gasteiger partial charge in [-0.25, -0.2) is 9.78 Å². The Bertz CT molecular complexity index is 875. The van der Waals surface area contributed by atoms with Gasteiger partial charge >= 0.3 is 6.03 Å². The molecule has 0 atom stereocenters. The highest BCUT2D eigenvalue weighted by Crippen LogP contribution is 2.17. The van der Waals surface area contributed by atoms with E-state index in [1.165, 1.54) is 0 Å². The number of aromatic nitrogens is 2. The number of nitrogens with one attached hydrogen (secondary N) is 2. The number of amides is 2. The van der Waals surface area contributed by atoms with Gasteiger partial charge in [0.15, 0.2) is 0 Å². The average molecular weight is 393 g/mol. The van der Waals surface area contributed by atoms with Crippen LogP contribution < -0.4 is 15.4 Å². The fraction of sp³-hybridized carbons (Fsp3) is 0.304. The Morgan fingerprint density at radius 2 is 1.86 bits per heavy atom. The van der Waals surface area contributed by atoms with Gasteiger partial charge in [-0.2, -0.15) is 0 Å². The fourth-order valence-electron chi connectivity index (χ4n) is 2.93. The van der Waals surface area contributed by atoms with E-state index in [0.29, 0.717) is 13.2 Å². The lowest BCUT2D eigenvalue weighted by molar-refractivity contribution is 0.252. The molecule has 0 bridgehead atoms. The van der Waals surface area contributed by atoms with Crippen molar-refractivity contribution in [2.45, 2.75) is 32.7 Å². The Balaban J connectivity index is 1.39. The van der Waals surface area contributed by atoms with Crippen molar-refractivity contribution >= 4 is 11.7 Å². The van der Waals surface area contributed by atoms with Gasteiger partial charge in [0.25, 0.3) is 0 Å². The predicted octanol–water partition coefficient (Wildman–Crippen LogP) is 4.94. The molecular formula is C23H28N4O2. The molecule has 0 aliphatic carbocycles. The standard InChI is InChI=1S/C23H28N4O2/c1-2-3-18-29-21-12-10-20(11-13-21)26-23(28)25-14-7-16-27-17-15-24-22(27)19-8-5-4-6-9-19/h4-6,8-13,15,17H,2-3,7,14,16,18H2,1H3,(H2,25,26,28). The molecule has 0 aliphatic rings. The Morgan fingerprint density at radius 1 is 1.07 bits per heavy atom. The SMILES string of the molecule is CCCCOc1ccc(NC(=O)NCCCn2ccnc2-c2ccccc2)cc1. The molecule has 0 fully saturated rings. The number of hydrogen-bond acceptors (Lipinski definition) is 3. The summed E-state index contributed by atoms with van der Waals surface area (Å²) in [5.41, 5.74) is 1.83. The number of aryl methyl sites for hydroxylation is 1. The highest BCUT2D eigenvalue weighted by atomic mass is 16.5. The van der Waals surface area contributed by atoms with Gasteiger partial charge in [0, 0.05) is 36.7 Å². The summed E-state index contributed by atoms with van der Waals surface area (Å²) in [5.74, 6) is 1.76. The molecule has 29 heavy (non-hydrogen) atoms. The van der Waals surface area contributed by atoms with Crippen LogP contribution in [0.25, 0.3) is 11.4 Å². The maximum atomic E-state index is 12.1. The monoisotopic (exact) mass is 392 g/mol. The second-order valence-corrected chi connectivity index (χ2v) is 6.77. The highest BCUT2D eigenvalue weighted by molar-refractivity contribution is 5.89. The van der Waals surface area contributed by atoms with E-state index in [0.717, 1.165) is 48.6 Å². The van der Waals surface area contributed by atoms with Crippen molar-refractivity contribution in [1.82, 2.24) is 14.9 Å². The summed E-state index contributed by atoms with van der Waals surface area (Å²) < 4.78 is 7.73. The number of hydrogen-bond donors (Lipinski definition) is 2. The second kappa shape index (κ2) is 10.9. The maximum Gasteiger partial charge on any atom is 0.319 e. The van der Waals surface area contributed by atoms with Crippen molar-refractivity contribution in [3.63, 3.8) is 0 Å². The molecule has 1 aromatic heterocycles. The summed E-state index contributed by atoms with van der Waals surface area (Å²) in [6.07, 6.45) is 6.72. The van der Waals surface area contributed by atoms with Crippen LogP contribution in [0, 0.1) is 0 Å². The number of rotatable bonds is 10. The van der Waals surface area contributed by atoms with Crippen LogP contribution in [0.5, 0.6) is 5.75 Å². The molecule has 0 spiro atoms. The number of imidazole rings is 1. The van der Waals surface area contributed by atoms with E-state index in [1.54, 1.807) is 6.20 Å². The zero-order valence-electron chi connectivity index (χ0n) is 16.8. The molecule has 0 saturated carbocycles. The van der Waals surface area contributed by atoms with Gasteiger partial charge in [0.05, 0.1) is 6.61 Å². The molecule has 0 saturated heterocycles. The number of ether oxygens (including phenoxy) is 1. The average Bonchev–Trinajstić information content (AvgIpc) is 3.22. The first-order valence-electron chi connectivity index (χ1n) is 10.1. The van der Waals surface area contributed by atoms with E-state index >= 15 is 0 Å². The van der Waals surface area contributed by atoms with Crippen molar-refractivity contribution in [2.75, 3.05) is 18.5 Å². The molecule has 2 N–H and O–H groups in total. The summed E-state index contributed by atoms with van der Waals surface area (Å²) in [6.45, 7) is 4.21. The number of urea groups is 1. The quantitative estimate of drug-likeness (QED) is 0.480. The lowest BCUT2D eigenvalue weighted by Gasteiger charge is -2.10. The second-order valence-electron chi connectivity index (χ2n) is 6.77. The van der Waals surface area contributed by atoms with Gasteiger partial charge in [-0.1, -0.05) is 43.7 Å². The summed E-state index contributed by atoms with van der Waals surface area (Å²) in [5, 5.41) is 5.74. The number of anilines is 1. The van der Waals surface area contributed by atoms with Crippen LogP contribution >= 0.6 is 0 Å². The molecule has 2 aromatic carbocycles. The smallest absolute Gasteiger partial charge is 0.319 e. The minimum Gasteiger partial charge on any atom is -0.494 e. The first-order chi connectivity index (χ1) is 14.3. The third-order valence-electron chi connectivity index (χ3n) is 4.49. The molecule has 2 amide bonds. The molecule has 0 unspecified atom stereocenters.